The van der Waals surface area contributed by atoms with E-state index in [1.165, 1.54) is 0 Å². The topological polar surface area (TPSA) is 79.5 Å². The molecule has 16 heavy (non-hydrogen) atoms. The Bertz CT molecular complexity index is 377. The summed E-state index contributed by atoms with van der Waals surface area (Å²) in [6.07, 6.45) is 3.36. The van der Waals surface area contributed by atoms with E-state index in [9.17, 15) is 4.79 Å². The van der Waals surface area contributed by atoms with Crippen LogP contribution in [0.25, 0.3) is 0 Å². The normalized spacial score (nSPS) is 20.8. The number of anilines is 2. The van der Waals surface area contributed by atoms with Crippen molar-refractivity contribution in [2.45, 2.75) is 12.8 Å². The van der Waals surface area contributed by atoms with E-state index in [4.69, 9.17) is 10.8 Å². The third-order valence-corrected chi connectivity index (χ3v) is 2.91. The molecule has 86 valence electrons. The van der Waals surface area contributed by atoms with Crippen molar-refractivity contribution in [1.29, 1.82) is 0 Å². The highest BCUT2D eigenvalue weighted by molar-refractivity contribution is 5.71. The number of nitrogen functional groups attached to an aromatic ring is 1. The van der Waals surface area contributed by atoms with Crippen LogP contribution in [0.2, 0.25) is 0 Å². The first-order valence-corrected chi connectivity index (χ1v) is 5.36. The van der Waals surface area contributed by atoms with Crippen LogP contribution in [0.15, 0.2) is 18.3 Å². The van der Waals surface area contributed by atoms with E-state index in [1.807, 2.05) is 6.07 Å². The number of hydrogen-bond donors (Lipinski definition) is 2. The maximum atomic E-state index is 10.9. The molecule has 1 fully saturated rings. The van der Waals surface area contributed by atoms with Crippen LogP contribution >= 0.6 is 0 Å². The number of nitrogens with two attached hydrogens (primary N) is 1. The first-order chi connectivity index (χ1) is 7.66. The molecule has 0 spiro atoms. The average molecular weight is 221 g/mol. The standard InChI is InChI=1S/C11H15N3O2/c12-10-4-3-9(6-13-10)14-5-1-2-8(7-14)11(15)16/h3-4,6,8H,1-2,5,7H2,(H2,12,13)(H,15,16)/t8-/m1/s1. The zero-order valence-corrected chi connectivity index (χ0v) is 8.97. The van der Waals surface area contributed by atoms with Crippen molar-refractivity contribution in [1.82, 2.24) is 4.98 Å². The van der Waals surface area contributed by atoms with Crippen LogP contribution in [-0.2, 0) is 4.79 Å². The first-order valence-electron chi connectivity index (χ1n) is 5.36. The predicted molar refractivity (Wildman–Crippen MR) is 61.2 cm³/mol. The molecule has 1 aliphatic rings. The van der Waals surface area contributed by atoms with E-state index in [1.54, 1.807) is 12.3 Å². The molecular weight excluding hydrogens is 206 g/mol. The zero-order chi connectivity index (χ0) is 11.5. The van der Waals surface area contributed by atoms with Crippen molar-refractivity contribution in [3.8, 4) is 0 Å². The number of aliphatic carboxylic acids is 1. The van der Waals surface area contributed by atoms with E-state index >= 15 is 0 Å². The maximum Gasteiger partial charge on any atom is 0.308 e. The van der Waals surface area contributed by atoms with Gasteiger partial charge in [0.2, 0.25) is 0 Å². The van der Waals surface area contributed by atoms with Gasteiger partial charge in [-0.3, -0.25) is 4.79 Å². The highest BCUT2D eigenvalue weighted by Gasteiger charge is 2.25. The van der Waals surface area contributed by atoms with Gasteiger partial charge in [0.05, 0.1) is 17.8 Å². The Morgan fingerprint density at radius 1 is 1.56 bits per heavy atom. The molecule has 1 aliphatic heterocycles. The number of piperidine rings is 1. The summed E-state index contributed by atoms with van der Waals surface area (Å²) in [5.41, 5.74) is 6.45. The minimum absolute atomic E-state index is 0.272. The summed E-state index contributed by atoms with van der Waals surface area (Å²) in [5, 5.41) is 8.98. The third kappa shape index (κ3) is 2.24. The summed E-state index contributed by atoms with van der Waals surface area (Å²) in [7, 11) is 0. The number of rotatable bonds is 2. The summed E-state index contributed by atoms with van der Waals surface area (Å²) >= 11 is 0. The molecule has 0 radical (unpaired) electrons. The van der Waals surface area contributed by atoms with Gasteiger partial charge in [-0.25, -0.2) is 4.98 Å². The molecule has 0 amide bonds. The number of hydrogen-bond acceptors (Lipinski definition) is 4. The summed E-state index contributed by atoms with van der Waals surface area (Å²) in [6.45, 7) is 1.44. The highest BCUT2D eigenvalue weighted by atomic mass is 16.4. The van der Waals surface area contributed by atoms with Crippen LogP contribution < -0.4 is 10.6 Å². The largest absolute Gasteiger partial charge is 0.481 e. The van der Waals surface area contributed by atoms with Gasteiger partial charge in [0.15, 0.2) is 0 Å². The Kier molecular flexibility index (Phi) is 2.94. The van der Waals surface area contributed by atoms with Gasteiger partial charge in [-0.15, -0.1) is 0 Å². The van der Waals surface area contributed by atoms with Crippen LogP contribution in [0.4, 0.5) is 11.5 Å². The van der Waals surface area contributed by atoms with E-state index < -0.39 is 5.97 Å². The molecule has 2 rings (SSSR count). The number of pyridine rings is 1. The SMILES string of the molecule is Nc1ccc(N2CCC[C@@H](C(=O)O)C2)cn1. The summed E-state index contributed by atoms with van der Waals surface area (Å²) in [5.74, 6) is -0.505. The second kappa shape index (κ2) is 4.38. The minimum atomic E-state index is -0.715. The maximum absolute atomic E-state index is 10.9. The second-order valence-corrected chi connectivity index (χ2v) is 4.06. The molecule has 3 N–H and O–H groups in total. The van der Waals surface area contributed by atoms with Crippen molar-refractivity contribution in [2.75, 3.05) is 23.7 Å². The average Bonchev–Trinajstić information content (AvgIpc) is 2.30. The lowest BCUT2D eigenvalue weighted by molar-refractivity contribution is -0.141. The molecule has 1 aromatic rings. The molecule has 1 aromatic heterocycles. The van der Waals surface area contributed by atoms with Crippen molar-refractivity contribution < 1.29 is 9.90 Å². The number of aromatic nitrogens is 1. The van der Waals surface area contributed by atoms with E-state index in [-0.39, 0.29) is 5.92 Å². The van der Waals surface area contributed by atoms with Gasteiger partial charge < -0.3 is 15.7 Å². The lowest BCUT2D eigenvalue weighted by Crippen LogP contribution is -2.38. The van der Waals surface area contributed by atoms with Gasteiger partial charge >= 0.3 is 5.97 Å². The molecule has 0 bridgehead atoms. The van der Waals surface area contributed by atoms with E-state index in [0.717, 1.165) is 25.1 Å². The fourth-order valence-corrected chi connectivity index (χ4v) is 2.00. The molecular formula is C11H15N3O2. The molecule has 1 atom stereocenters. The van der Waals surface area contributed by atoms with Gasteiger partial charge in [0.1, 0.15) is 5.82 Å². The molecule has 0 unspecified atom stereocenters. The smallest absolute Gasteiger partial charge is 0.308 e. The summed E-state index contributed by atoms with van der Waals surface area (Å²) in [4.78, 5) is 17.0. The number of nitrogens with zero attached hydrogens (tertiary/aromatic N) is 2. The van der Waals surface area contributed by atoms with Gasteiger partial charge in [-0.1, -0.05) is 0 Å². The first kappa shape index (κ1) is 10.7. The van der Waals surface area contributed by atoms with Gasteiger partial charge in [-0.2, -0.15) is 0 Å². The Hall–Kier alpha value is -1.78. The molecule has 0 aliphatic carbocycles. The number of carboxylic acid groups (broad SMARTS) is 1. The van der Waals surface area contributed by atoms with Crippen LogP contribution in [0.3, 0.4) is 0 Å². The van der Waals surface area contributed by atoms with Crippen molar-refractivity contribution >= 4 is 17.5 Å². The molecule has 5 heteroatoms. The zero-order valence-electron chi connectivity index (χ0n) is 8.97. The van der Waals surface area contributed by atoms with Crippen LogP contribution in [0.1, 0.15) is 12.8 Å². The van der Waals surface area contributed by atoms with E-state index in [0.29, 0.717) is 12.4 Å². The van der Waals surface area contributed by atoms with Crippen LogP contribution in [-0.4, -0.2) is 29.1 Å². The van der Waals surface area contributed by atoms with Gasteiger partial charge in [0.25, 0.3) is 0 Å². The Morgan fingerprint density at radius 2 is 2.38 bits per heavy atom. The van der Waals surface area contributed by atoms with Crippen LogP contribution in [0.5, 0.6) is 0 Å². The number of carbonyl (C=O) groups is 1. The monoisotopic (exact) mass is 221 g/mol. The molecule has 2 heterocycles. The Morgan fingerprint density at radius 3 is 3.00 bits per heavy atom. The third-order valence-electron chi connectivity index (χ3n) is 2.91. The fourth-order valence-electron chi connectivity index (χ4n) is 2.00. The second-order valence-electron chi connectivity index (χ2n) is 4.06. The molecule has 0 saturated carbocycles. The summed E-state index contributed by atoms with van der Waals surface area (Å²) in [6, 6.07) is 3.62. The van der Waals surface area contributed by atoms with Crippen molar-refractivity contribution in [3.05, 3.63) is 18.3 Å². The van der Waals surface area contributed by atoms with Gasteiger partial charge in [0, 0.05) is 13.1 Å². The fraction of sp³-hybridized carbons (Fsp3) is 0.455. The van der Waals surface area contributed by atoms with Gasteiger partial charge in [-0.05, 0) is 25.0 Å². The summed E-state index contributed by atoms with van der Waals surface area (Å²) < 4.78 is 0. The number of carboxylic acids is 1. The quantitative estimate of drug-likeness (QED) is 0.777. The Balaban J connectivity index is 2.09. The minimum Gasteiger partial charge on any atom is -0.481 e. The molecule has 1 saturated heterocycles. The van der Waals surface area contributed by atoms with E-state index in [2.05, 4.69) is 9.88 Å². The lowest BCUT2D eigenvalue weighted by Gasteiger charge is -2.32. The molecule has 5 nitrogen and oxygen atoms in total. The Labute approximate surface area is 93.9 Å². The highest BCUT2D eigenvalue weighted by Crippen LogP contribution is 2.22. The van der Waals surface area contributed by atoms with Crippen LogP contribution in [0, 0.1) is 5.92 Å². The molecule has 0 aromatic carbocycles. The predicted octanol–water partition coefficient (Wildman–Crippen LogP) is 0.965. The van der Waals surface area contributed by atoms with Crippen molar-refractivity contribution in [3.63, 3.8) is 0 Å². The van der Waals surface area contributed by atoms with Crippen molar-refractivity contribution in [2.24, 2.45) is 5.92 Å². The lowest BCUT2D eigenvalue weighted by atomic mass is 9.98.